The van der Waals surface area contributed by atoms with Gasteiger partial charge in [-0.25, -0.2) is 9.67 Å². The van der Waals surface area contributed by atoms with Crippen LogP contribution in [-0.4, -0.2) is 21.2 Å². The van der Waals surface area contributed by atoms with Crippen LogP contribution in [-0.2, 0) is 22.5 Å². The number of halogens is 3. The third-order valence-electron chi connectivity index (χ3n) is 5.87. The Balaban J connectivity index is 1.56. The van der Waals surface area contributed by atoms with Gasteiger partial charge in [0.1, 0.15) is 5.82 Å². The van der Waals surface area contributed by atoms with Crippen LogP contribution in [0.25, 0.3) is 16.8 Å². The van der Waals surface area contributed by atoms with Gasteiger partial charge in [0.05, 0.1) is 34.9 Å². The highest BCUT2D eigenvalue weighted by Gasteiger charge is 2.40. The summed E-state index contributed by atoms with van der Waals surface area (Å²) >= 11 is 0. The van der Waals surface area contributed by atoms with Crippen molar-refractivity contribution >= 4 is 17.2 Å². The zero-order valence-electron chi connectivity index (χ0n) is 17.9. The summed E-state index contributed by atoms with van der Waals surface area (Å²) < 4.78 is 44.8. The number of aromatic nitrogens is 3. The maximum absolute atomic E-state index is 14.5. The Morgan fingerprint density at radius 2 is 1.76 bits per heavy atom. The number of nitrogens with one attached hydrogen (secondary N) is 1. The van der Waals surface area contributed by atoms with E-state index in [9.17, 15) is 13.2 Å². The average molecular weight is 465 g/mol. The van der Waals surface area contributed by atoms with Crippen molar-refractivity contribution in [2.24, 2.45) is 0 Å². The molecule has 2 aliphatic rings. The predicted molar refractivity (Wildman–Crippen MR) is 118 cm³/mol. The van der Waals surface area contributed by atoms with Crippen molar-refractivity contribution in [1.29, 1.82) is 0 Å². The molecule has 0 unspecified atom stereocenters. The Bertz CT molecular complexity index is 1400. The molecule has 34 heavy (non-hydrogen) atoms. The van der Waals surface area contributed by atoms with Gasteiger partial charge < -0.3 is 10.2 Å². The standard InChI is InChI=1S/C24H18F3N5O2/c1-14-10-12-32(30-14)20-8-4-5-16(21(20)24(25,26)27)15-9-11-28-22-17(15)13-31(23-33-34-23)19-7-3-2-6-18(19)29-22/h2-12,23H,13H2,1H3,(H,28,29). The Morgan fingerprint density at radius 1 is 0.971 bits per heavy atom. The molecular weight excluding hydrogens is 447 g/mol. The molecule has 0 radical (unpaired) electrons. The van der Waals surface area contributed by atoms with E-state index in [1.54, 1.807) is 25.1 Å². The lowest BCUT2D eigenvalue weighted by Gasteiger charge is -2.22. The van der Waals surface area contributed by atoms with Crippen LogP contribution in [0.15, 0.2) is 67.0 Å². The Hall–Kier alpha value is -3.89. The number of alkyl halides is 3. The third kappa shape index (κ3) is 3.47. The number of hydrogen-bond acceptors (Lipinski definition) is 6. The second-order valence-electron chi connectivity index (χ2n) is 8.05. The molecule has 0 saturated carbocycles. The molecule has 6 rings (SSSR count). The first-order valence-corrected chi connectivity index (χ1v) is 10.6. The lowest BCUT2D eigenvalue weighted by molar-refractivity contribution is -0.137. The maximum Gasteiger partial charge on any atom is 0.419 e. The number of anilines is 3. The van der Waals surface area contributed by atoms with Crippen LogP contribution in [0, 0.1) is 6.92 Å². The molecule has 2 aromatic carbocycles. The van der Waals surface area contributed by atoms with Crippen LogP contribution in [0.2, 0.25) is 0 Å². The summed E-state index contributed by atoms with van der Waals surface area (Å²) in [5.74, 6) is 0.474. The zero-order valence-corrected chi connectivity index (χ0v) is 17.9. The van der Waals surface area contributed by atoms with Gasteiger partial charge in [0.15, 0.2) is 0 Å². The van der Waals surface area contributed by atoms with E-state index in [-0.39, 0.29) is 17.8 Å². The molecule has 0 amide bonds. The van der Waals surface area contributed by atoms with Gasteiger partial charge in [-0.3, -0.25) is 0 Å². The SMILES string of the molecule is Cc1ccn(-c2cccc(-c3ccnc4c3CN(C3OO3)c3ccccc3N4)c2C(F)(F)F)n1. The lowest BCUT2D eigenvalue weighted by Crippen LogP contribution is -2.25. The second-order valence-corrected chi connectivity index (χ2v) is 8.05. The van der Waals surface area contributed by atoms with E-state index in [1.165, 1.54) is 29.2 Å². The Labute approximate surface area is 192 Å². The highest BCUT2D eigenvalue weighted by molar-refractivity contribution is 5.84. The predicted octanol–water partition coefficient (Wildman–Crippen LogP) is 5.57. The monoisotopic (exact) mass is 465 g/mol. The topological polar surface area (TPSA) is 71.0 Å². The van der Waals surface area contributed by atoms with E-state index in [2.05, 4.69) is 15.4 Å². The lowest BCUT2D eigenvalue weighted by atomic mass is 9.94. The first-order chi connectivity index (χ1) is 16.4. The number of hydrogen-bond donors (Lipinski definition) is 1. The van der Waals surface area contributed by atoms with E-state index in [4.69, 9.17) is 9.78 Å². The normalized spacial score (nSPS) is 15.4. The number of aryl methyl sites for hydroxylation is 1. The molecule has 4 aromatic rings. The molecule has 2 aromatic heterocycles. The quantitative estimate of drug-likeness (QED) is 0.315. The average Bonchev–Trinajstić information content (AvgIpc) is 3.59. The summed E-state index contributed by atoms with van der Waals surface area (Å²) in [6.45, 7) is 1.96. The number of nitrogens with zero attached hydrogens (tertiary/aromatic N) is 4. The highest BCUT2D eigenvalue weighted by Crippen LogP contribution is 2.45. The summed E-state index contributed by atoms with van der Waals surface area (Å²) in [4.78, 5) is 16.4. The minimum absolute atomic E-state index is 0.0424. The van der Waals surface area contributed by atoms with E-state index in [1.807, 2.05) is 29.2 Å². The van der Waals surface area contributed by atoms with Crippen LogP contribution >= 0.6 is 0 Å². The highest BCUT2D eigenvalue weighted by atomic mass is 19.4. The van der Waals surface area contributed by atoms with Crippen LogP contribution < -0.4 is 10.2 Å². The summed E-state index contributed by atoms with van der Waals surface area (Å²) in [5.41, 5.74) is 2.41. The van der Waals surface area contributed by atoms with Gasteiger partial charge in [-0.05, 0) is 48.4 Å². The van der Waals surface area contributed by atoms with Crippen molar-refractivity contribution in [3.63, 3.8) is 0 Å². The van der Waals surface area contributed by atoms with Crippen molar-refractivity contribution in [2.45, 2.75) is 26.1 Å². The van der Waals surface area contributed by atoms with Crippen LogP contribution in [0.4, 0.5) is 30.4 Å². The van der Waals surface area contributed by atoms with Gasteiger partial charge in [-0.2, -0.15) is 28.0 Å². The second kappa shape index (κ2) is 7.57. The van der Waals surface area contributed by atoms with Gasteiger partial charge in [-0.15, -0.1) is 0 Å². The molecule has 1 saturated heterocycles. The summed E-state index contributed by atoms with van der Waals surface area (Å²) in [6.07, 6.45) is -2.21. The van der Waals surface area contributed by atoms with Crippen molar-refractivity contribution in [2.75, 3.05) is 10.2 Å². The number of fused-ring (bicyclic) bond motifs is 2. The third-order valence-corrected chi connectivity index (χ3v) is 5.87. The largest absolute Gasteiger partial charge is 0.419 e. The Morgan fingerprint density at radius 3 is 2.50 bits per heavy atom. The van der Waals surface area contributed by atoms with E-state index in [0.29, 0.717) is 22.6 Å². The minimum Gasteiger partial charge on any atom is -0.338 e. The number of para-hydroxylation sites is 2. The van der Waals surface area contributed by atoms with Crippen LogP contribution in [0.3, 0.4) is 0 Å². The van der Waals surface area contributed by atoms with Crippen molar-refractivity contribution in [3.05, 3.63) is 83.8 Å². The molecule has 2 aliphatic heterocycles. The Kier molecular flexibility index (Phi) is 4.61. The first kappa shape index (κ1) is 20.7. The molecule has 4 heterocycles. The van der Waals surface area contributed by atoms with Gasteiger partial charge in [0.25, 0.3) is 0 Å². The first-order valence-electron chi connectivity index (χ1n) is 10.6. The number of benzene rings is 2. The smallest absolute Gasteiger partial charge is 0.338 e. The molecule has 172 valence electrons. The zero-order chi connectivity index (χ0) is 23.4. The molecule has 7 nitrogen and oxygen atoms in total. The molecule has 0 atom stereocenters. The maximum atomic E-state index is 14.5. The van der Waals surface area contributed by atoms with Gasteiger partial charge >= 0.3 is 12.6 Å². The molecule has 1 N–H and O–H groups in total. The molecule has 0 bridgehead atoms. The van der Waals surface area contributed by atoms with E-state index in [0.717, 1.165) is 11.4 Å². The van der Waals surface area contributed by atoms with Crippen LogP contribution in [0.1, 0.15) is 16.8 Å². The van der Waals surface area contributed by atoms with Gasteiger partial charge in [-0.1, -0.05) is 24.3 Å². The molecule has 0 aliphatic carbocycles. The van der Waals surface area contributed by atoms with Crippen molar-refractivity contribution < 1.29 is 22.9 Å². The fourth-order valence-electron chi connectivity index (χ4n) is 4.34. The molecule has 10 heteroatoms. The van der Waals surface area contributed by atoms with Crippen molar-refractivity contribution in [1.82, 2.24) is 14.8 Å². The van der Waals surface area contributed by atoms with Gasteiger partial charge in [0.2, 0.25) is 0 Å². The van der Waals surface area contributed by atoms with E-state index >= 15 is 0 Å². The number of rotatable bonds is 3. The van der Waals surface area contributed by atoms with Crippen LogP contribution in [0.5, 0.6) is 0 Å². The van der Waals surface area contributed by atoms with E-state index < -0.39 is 18.2 Å². The van der Waals surface area contributed by atoms with Crippen molar-refractivity contribution in [3.8, 4) is 16.8 Å². The fraction of sp³-hybridized carbons (Fsp3) is 0.167. The summed E-state index contributed by atoms with van der Waals surface area (Å²) in [7, 11) is 0. The fourth-order valence-corrected chi connectivity index (χ4v) is 4.34. The van der Waals surface area contributed by atoms with Gasteiger partial charge in [0, 0.05) is 18.0 Å². The molecule has 1 fully saturated rings. The molecular formula is C24H18F3N5O2. The summed E-state index contributed by atoms with van der Waals surface area (Å²) in [5, 5.41) is 7.48. The number of pyridine rings is 1. The molecule has 0 spiro atoms. The minimum atomic E-state index is -4.62. The summed E-state index contributed by atoms with van der Waals surface area (Å²) in [6, 6.07) is 15.3.